The summed E-state index contributed by atoms with van der Waals surface area (Å²) < 4.78 is 17.1. The minimum atomic E-state index is -1.36. The van der Waals surface area contributed by atoms with E-state index < -0.39 is 52.7 Å². The number of hydrogen-bond donors (Lipinski definition) is 2. The molecule has 0 spiro atoms. The Morgan fingerprint density at radius 1 is 0.850 bits per heavy atom. The molecule has 0 heterocycles. The average Bonchev–Trinajstić information content (AvgIpc) is 2.88. The van der Waals surface area contributed by atoms with Gasteiger partial charge in [-0.2, -0.15) is 0 Å². The van der Waals surface area contributed by atoms with E-state index in [-0.39, 0.29) is 29.3 Å². The van der Waals surface area contributed by atoms with Crippen LogP contribution in [0.3, 0.4) is 0 Å². The van der Waals surface area contributed by atoms with E-state index in [2.05, 4.69) is 0 Å². The standard InChI is InChI=1S/C31H49NO8/c1-12-30(8,9)28(36)39-22-15-14-21(16-23(22)40-29(37)31(10,11)13-2)24(25(32)26(33)34)19(6)20(7)38-27(35)18(5)17(3)4/h14-20,24-25H,12-13,32H2,1-11H3,(H,33,34)/t18?,19?,20?,24?,25-/m0/s1. The molecule has 5 atom stereocenters. The maximum atomic E-state index is 13.0. The van der Waals surface area contributed by atoms with Crippen LogP contribution in [0.25, 0.3) is 0 Å². The van der Waals surface area contributed by atoms with Crippen molar-refractivity contribution in [3.8, 4) is 11.5 Å². The van der Waals surface area contributed by atoms with Crippen LogP contribution >= 0.6 is 0 Å². The number of esters is 3. The van der Waals surface area contributed by atoms with Gasteiger partial charge in [-0.25, -0.2) is 0 Å². The molecule has 40 heavy (non-hydrogen) atoms. The summed E-state index contributed by atoms with van der Waals surface area (Å²) in [5, 5.41) is 9.84. The number of carbonyl (C=O) groups is 4. The third-order valence-corrected chi connectivity index (χ3v) is 8.28. The predicted octanol–water partition coefficient (Wildman–Crippen LogP) is 5.73. The molecule has 0 aromatic heterocycles. The lowest BCUT2D eigenvalue weighted by Gasteiger charge is -2.32. The van der Waals surface area contributed by atoms with Crippen molar-refractivity contribution >= 4 is 23.9 Å². The van der Waals surface area contributed by atoms with Crippen molar-refractivity contribution in [3.05, 3.63) is 23.8 Å². The Balaban J connectivity index is 3.61. The van der Waals surface area contributed by atoms with Crippen molar-refractivity contribution in [2.75, 3.05) is 0 Å². The van der Waals surface area contributed by atoms with Gasteiger partial charge in [0.05, 0.1) is 16.7 Å². The van der Waals surface area contributed by atoms with Crippen molar-refractivity contribution < 1.29 is 38.5 Å². The van der Waals surface area contributed by atoms with Crippen LogP contribution in [0.15, 0.2) is 18.2 Å². The van der Waals surface area contributed by atoms with Crippen LogP contribution in [0.2, 0.25) is 0 Å². The number of carboxylic acid groups (broad SMARTS) is 1. The normalized spacial score (nSPS) is 15.9. The highest BCUT2D eigenvalue weighted by atomic mass is 16.6. The van der Waals surface area contributed by atoms with Crippen LogP contribution in [0.1, 0.15) is 100 Å². The fraction of sp³-hybridized carbons (Fsp3) is 0.677. The van der Waals surface area contributed by atoms with Gasteiger partial charge in [0.2, 0.25) is 0 Å². The molecule has 1 aromatic carbocycles. The first-order valence-corrected chi connectivity index (χ1v) is 14.1. The van der Waals surface area contributed by atoms with E-state index in [4.69, 9.17) is 19.9 Å². The molecule has 3 N–H and O–H groups in total. The second-order valence-electron chi connectivity index (χ2n) is 12.4. The molecule has 0 saturated carbocycles. The summed E-state index contributed by atoms with van der Waals surface area (Å²) in [4.78, 5) is 50.6. The van der Waals surface area contributed by atoms with E-state index in [0.717, 1.165) is 0 Å². The van der Waals surface area contributed by atoms with Gasteiger partial charge in [-0.05, 0) is 71.1 Å². The summed E-state index contributed by atoms with van der Waals surface area (Å²) in [6.07, 6.45) is 0.364. The van der Waals surface area contributed by atoms with Gasteiger partial charge >= 0.3 is 23.9 Å². The molecule has 0 aliphatic carbocycles. The Morgan fingerprint density at radius 3 is 1.75 bits per heavy atom. The zero-order valence-corrected chi connectivity index (χ0v) is 26.0. The minimum absolute atomic E-state index is 0.0165. The topological polar surface area (TPSA) is 142 Å². The second kappa shape index (κ2) is 14.1. The predicted molar refractivity (Wildman–Crippen MR) is 153 cm³/mol. The number of benzene rings is 1. The molecule has 9 heteroatoms. The van der Waals surface area contributed by atoms with Crippen LogP contribution in [0, 0.1) is 28.6 Å². The summed E-state index contributed by atoms with van der Waals surface area (Å²) in [6, 6.07) is 3.20. The van der Waals surface area contributed by atoms with Crippen LogP contribution in [0.5, 0.6) is 11.5 Å². The lowest BCUT2D eigenvalue weighted by molar-refractivity contribution is -0.157. The molecule has 4 unspecified atom stereocenters. The van der Waals surface area contributed by atoms with Crippen molar-refractivity contribution in [2.45, 2.75) is 107 Å². The largest absolute Gasteiger partial charge is 0.480 e. The van der Waals surface area contributed by atoms with Crippen molar-refractivity contribution in [2.24, 2.45) is 34.3 Å². The monoisotopic (exact) mass is 563 g/mol. The molecule has 0 aliphatic rings. The molecule has 1 aromatic rings. The van der Waals surface area contributed by atoms with Gasteiger partial charge in [-0.15, -0.1) is 0 Å². The zero-order chi connectivity index (χ0) is 31.2. The van der Waals surface area contributed by atoms with Crippen molar-refractivity contribution in [3.63, 3.8) is 0 Å². The maximum Gasteiger partial charge on any atom is 0.321 e. The average molecular weight is 564 g/mol. The Labute approximate surface area is 239 Å². The fourth-order valence-corrected chi connectivity index (χ4v) is 3.61. The third-order valence-electron chi connectivity index (χ3n) is 8.28. The van der Waals surface area contributed by atoms with Gasteiger partial charge in [0, 0.05) is 11.8 Å². The van der Waals surface area contributed by atoms with E-state index in [9.17, 15) is 24.3 Å². The number of rotatable bonds is 14. The van der Waals surface area contributed by atoms with E-state index in [1.807, 2.05) is 27.7 Å². The Morgan fingerprint density at radius 2 is 1.32 bits per heavy atom. The van der Waals surface area contributed by atoms with Crippen molar-refractivity contribution in [1.82, 2.24) is 0 Å². The highest BCUT2D eigenvalue weighted by Gasteiger charge is 2.37. The van der Waals surface area contributed by atoms with Crippen molar-refractivity contribution in [1.29, 1.82) is 0 Å². The SMILES string of the molecule is CCC(C)(C)C(=O)Oc1ccc(C(C(C)C(C)OC(=O)C(C)C(C)C)[C@H](N)C(=O)O)cc1OC(=O)C(C)(C)CC. The van der Waals surface area contributed by atoms with Gasteiger partial charge in [0.15, 0.2) is 11.5 Å². The maximum absolute atomic E-state index is 13.0. The third kappa shape index (κ3) is 8.78. The first kappa shape index (κ1) is 35.1. The van der Waals surface area contributed by atoms with E-state index >= 15 is 0 Å². The molecule has 0 aliphatic heterocycles. The fourth-order valence-electron chi connectivity index (χ4n) is 3.61. The molecular weight excluding hydrogens is 514 g/mol. The molecular formula is C31H49NO8. The summed E-state index contributed by atoms with van der Waals surface area (Å²) in [5.74, 6) is -4.25. The Bertz CT molecular complexity index is 1060. The number of nitrogens with two attached hydrogens (primary N) is 1. The lowest BCUT2D eigenvalue weighted by Crippen LogP contribution is -2.43. The summed E-state index contributed by atoms with van der Waals surface area (Å²) >= 11 is 0. The molecule has 0 bridgehead atoms. The molecule has 9 nitrogen and oxygen atoms in total. The van der Waals surface area contributed by atoms with Gasteiger partial charge in [-0.3, -0.25) is 19.2 Å². The Kier molecular flexibility index (Phi) is 12.4. The molecule has 0 saturated heterocycles. The van der Waals surface area contributed by atoms with Gasteiger partial charge in [-0.1, -0.05) is 47.6 Å². The van der Waals surface area contributed by atoms with Gasteiger partial charge in [0.1, 0.15) is 12.1 Å². The second-order valence-corrected chi connectivity index (χ2v) is 12.4. The molecule has 1 rings (SSSR count). The summed E-state index contributed by atoms with van der Waals surface area (Å²) in [5.41, 5.74) is 5.01. The first-order chi connectivity index (χ1) is 18.3. The van der Waals surface area contributed by atoms with Gasteiger partial charge in [0.25, 0.3) is 0 Å². The van der Waals surface area contributed by atoms with E-state index in [0.29, 0.717) is 18.4 Å². The van der Waals surface area contributed by atoms with Crippen LogP contribution in [-0.4, -0.2) is 41.1 Å². The number of carboxylic acids is 1. The number of hydrogen-bond acceptors (Lipinski definition) is 8. The molecule has 226 valence electrons. The van der Waals surface area contributed by atoms with E-state index in [1.54, 1.807) is 54.5 Å². The zero-order valence-electron chi connectivity index (χ0n) is 26.0. The summed E-state index contributed by atoms with van der Waals surface area (Å²) in [7, 11) is 0. The molecule has 0 amide bonds. The van der Waals surface area contributed by atoms with Crippen LogP contribution in [-0.2, 0) is 23.9 Å². The number of ether oxygens (including phenoxy) is 3. The van der Waals surface area contributed by atoms with Gasteiger partial charge < -0.3 is 25.1 Å². The number of carbonyl (C=O) groups excluding carboxylic acids is 3. The summed E-state index contributed by atoms with van der Waals surface area (Å²) in [6.45, 7) is 19.8. The lowest BCUT2D eigenvalue weighted by atomic mass is 9.79. The highest BCUT2D eigenvalue weighted by molar-refractivity contribution is 5.82. The van der Waals surface area contributed by atoms with Crippen LogP contribution in [0.4, 0.5) is 0 Å². The number of aliphatic carboxylic acids is 1. The quantitative estimate of drug-likeness (QED) is 0.214. The minimum Gasteiger partial charge on any atom is -0.480 e. The molecule has 0 radical (unpaired) electrons. The smallest absolute Gasteiger partial charge is 0.321 e. The Hall–Kier alpha value is -2.94. The van der Waals surface area contributed by atoms with E-state index in [1.165, 1.54) is 12.1 Å². The van der Waals surface area contributed by atoms with Crippen LogP contribution < -0.4 is 15.2 Å². The highest BCUT2D eigenvalue weighted by Crippen LogP contribution is 2.39. The molecule has 0 fully saturated rings. The first-order valence-electron chi connectivity index (χ1n) is 14.1.